The molecule has 0 saturated heterocycles. The maximum atomic E-state index is 11.2. The van der Waals surface area contributed by atoms with Crippen molar-refractivity contribution in [2.24, 2.45) is 5.92 Å². The zero-order valence-corrected chi connectivity index (χ0v) is 6.85. The summed E-state index contributed by atoms with van der Waals surface area (Å²) in [6.45, 7) is 9.16. The zero-order chi connectivity index (χ0) is 8.15. The molecular weight excluding hydrogens is 124 g/mol. The predicted octanol–water partition coefficient (Wildman–Crippen LogP) is 2.34. The van der Waals surface area contributed by atoms with E-state index in [1.165, 1.54) is 0 Å². The lowest BCUT2D eigenvalue weighted by Crippen LogP contribution is -2.08. The number of rotatable bonds is 3. The highest BCUT2D eigenvalue weighted by Crippen LogP contribution is 2.05. The molecular formula is C9H14O. The molecule has 1 heteroatoms. The van der Waals surface area contributed by atoms with Crippen LogP contribution in [0.5, 0.6) is 0 Å². The number of hydrogen-bond acceptors (Lipinski definition) is 1. The molecule has 0 amide bonds. The van der Waals surface area contributed by atoms with E-state index in [-0.39, 0.29) is 11.7 Å². The van der Waals surface area contributed by atoms with Gasteiger partial charge in [-0.05, 0) is 6.92 Å². The van der Waals surface area contributed by atoms with Gasteiger partial charge >= 0.3 is 0 Å². The van der Waals surface area contributed by atoms with Gasteiger partial charge in [0.25, 0.3) is 0 Å². The minimum Gasteiger partial charge on any atom is -0.294 e. The first-order valence-corrected chi connectivity index (χ1v) is 3.46. The van der Waals surface area contributed by atoms with E-state index >= 15 is 0 Å². The summed E-state index contributed by atoms with van der Waals surface area (Å²) in [6, 6.07) is 0. The Labute approximate surface area is 62.4 Å². The van der Waals surface area contributed by atoms with Crippen LogP contribution in [0.4, 0.5) is 0 Å². The van der Waals surface area contributed by atoms with Crippen molar-refractivity contribution in [2.45, 2.75) is 20.8 Å². The van der Waals surface area contributed by atoms with E-state index in [0.717, 1.165) is 5.57 Å². The first-order valence-electron chi connectivity index (χ1n) is 3.46. The first kappa shape index (κ1) is 9.15. The molecule has 0 aliphatic heterocycles. The normalized spacial score (nSPS) is 11.8. The summed E-state index contributed by atoms with van der Waals surface area (Å²) in [6.07, 6.45) is 3.39. The second kappa shape index (κ2) is 4.04. The van der Waals surface area contributed by atoms with Crippen LogP contribution in [0.1, 0.15) is 20.8 Å². The van der Waals surface area contributed by atoms with Crippen molar-refractivity contribution in [1.82, 2.24) is 0 Å². The van der Waals surface area contributed by atoms with Crippen LogP contribution in [0.15, 0.2) is 24.3 Å². The predicted molar refractivity (Wildman–Crippen MR) is 43.8 cm³/mol. The third-order valence-corrected chi connectivity index (χ3v) is 1.34. The monoisotopic (exact) mass is 138 g/mol. The maximum absolute atomic E-state index is 11.2. The molecule has 0 aromatic carbocycles. The summed E-state index contributed by atoms with van der Waals surface area (Å²) in [5.74, 6) is 0.238. The minimum absolute atomic E-state index is 0.0733. The fraction of sp³-hybridized carbons (Fsp3) is 0.444. The maximum Gasteiger partial charge on any atom is 0.165 e. The van der Waals surface area contributed by atoms with E-state index < -0.39 is 0 Å². The Morgan fingerprint density at radius 2 is 2.00 bits per heavy atom. The topological polar surface area (TPSA) is 17.1 Å². The Morgan fingerprint density at radius 1 is 1.50 bits per heavy atom. The highest BCUT2D eigenvalue weighted by molar-refractivity contribution is 5.98. The average Bonchev–Trinajstić information content (AvgIpc) is 1.90. The third-order valence-electron chi connectivity index (χ3n) is 1.34. The SMILES string of the molecule is C=C/C(=C\C)C(=O)C(C)C. The van der Waals surface area contributed by atoms with Gasteiger partial charge in [0.1, 0.15) is 0 Å². The Morgan fingerprint density at radius 3 is 2.10 bits per heavy atom. The van der Waals surface area contributed by atoms with Gasteiger partial charge in [-0.1, -0.05) is 32.6 Å². The number of carbonyl (C=O) groups excluding carboxylic acids is 1. The van der Waals surface area contributed by atoms with Gasteiger partial charge in [0.05, 0.1) is 0 Å². The van der Waals surface area contributed by atoms with Crippen LogP contribution in [-0.2, 0) is 4.79 Å². The van der Waals surface area contributed by atoms with E-state index in [9.17, 15) is 4.79 Å². The fourth-order valence-corrected chi connectivity index (χ4v) is 0.694. The van der Waals surface area contributed by atoms with Crippen LogP contribution < -0.4 is 0 Å². The number of ketones is 1. The van der Waals surface area contributed by atoms with Gasteiger partial charge < -0.3 is 0 Å². The van der Waals surface area contributed by atoms with E-state index in [0.29, 0.717) is 0 Å². The second-order valence-electron chi connectivity index (χ2n) is 2.47. The molecule has 0 N–H and O–H groups in total. The fourth-order valence-electron chi connectivity index (χ4n) is 0.694. The van der Waals surface area contributed by atoms with Crippen molar-refractivity contribution < 1.29 is 4.79 Å². The van der Waals surface area contributed by atoms with E-state index in [4.69, 9.17) is 0 Å². The lowest BCUT2D eigenvalue weighted by Gasteiger charge is -2.02. The summed E-state index contributed by atoms with van der Waals surface area (Å²) in [5, 5.41) is 0. The number of allylic oxidation sites excluding steroid dienone is 3. The molecule has 10 heavy (non-hydrogen) atoms. The van der Waals surface area contributed by atoms with Gasteiger partial charge in [-0.3, -0.25) is 4.79 Å². The highest BCUT2D eigenvalue weighted by atomic mass is 16.1. The molecule has 0 bridgehead atoms. The number of hydrogen-bond donors (Lipinski definition) is 0. The smallest absolute Gasteiger partial charge is 0.165 e. The van der Waals surface area contributed by atoms with Gasteiger partial charge in [-0.25, -0.2) is 0 Å². The molecule has 1 nitrogen and oxygen atoms in total. The van der Waals surface area contributed by atoms with E-state index in [1.807, 2.05) is 20.8 Å². The van der Waals surface area contributed by atoms with Gasteiger partial charge in [0.15, 0.2) is 5.78 Å². The highest BCUT2D eigenvalue weighted by Gasteiger charge is 2.08. The van der Waals surface area contributed by atoms with Crippen molar-refractivity contribution in [3.63, 3.8) is 0 Å². The van der Waals surface area contributed by atoms with Gasteiger partial charge in [-0.2, -0.15) is 0 Å². The minimum atomic E-state index is 0.0733. The van der Waals surface area contributed by atoms with E-state index in [2.05, 4.69) is 6.58 Å². The summed E-state index contributed by atoms with van der Waals surface area (Å²) in [4.78, 5) is 11.2. The molecule has 0 aliphatic carbocycles. The Hall–Kier alpha value is -0.850. The number of Topliss-reactive ketones (excluding diaryl/α,β-unsaturated/α-hetero) is 1. The summed E-state index contributed by atoms with van der Waals surface area (Å²) >= 11 is 0. The number of carbonyl (C=O) groups is 1. The van der Waals surface area contributed by atoms with Crippen LogP contribution in [-0.4, -0.2) is 5.78 Å². The van der Waals surface area contributed by atoms with Gasteiger partial charge in [-0.15, -0.1) is 0 Å². The van der Waals surface area contributed by atoms with Crippen LogP contribution in [0, 0.1) is 5.92 Å². The molecule has 0 fully saturated rings. The molecule has 56 valence electrons. The Balaban J connectivity index is 4.32. The molecule has 0 aliphatic rings. The van der Waals surface area contributed by atoms with Crippen molar-refractivity contribution >= 4 is 5.78 Å². The molecule has 0 unspecified atom stereocenters. The van der Waals surface area contributed by atoms with Crippen LogP contribution >= 0.6 is 0 Å². The zero-order valence-electron chi connectivity index (χ0n) is 6.85. The lowest BCUT2D eigenvalue weighted by molar-refractivity contribution is -0.117. The molecule has 0 rings (SSSR count). The Bertz CT molecular complexity index is 164. The molecule has 0 saturated carbocycles. The molecule has 0 heterocycles. The molecule has 0 radical (unpaired) electrons. The summed E-state index contributed by atoms with van der Waals surface area (Å²) in [7, 11) is 0. The first-order chi connectivity index (χ1) is 4.63. The van der Waals surface area contributed by atoms with Crippen LogP contribution in [0.2, 0.25) is 0 Å². The lowest BCUT2D eigenvalue weighted by atomic mass is 10.0. The molecule has 0 aromatic heterocycles. The second-order valence-corrected chi connectivity index (χ2v) is 2.47. The standard InChI is InChI=1S/C9H14O/c1-5-8(6-2)9(10)7(3)4/h5-7H,1H2,2-4H3/b8-6+. The van der Waals surface area contributed by atoms with Crippen molar-refractivity contribution in [3.8, 4) is 0 Å². The quantitative estimate of drug-likeness (QED) is 0.432. The average molecular weight is 138 g/mol. The van der Waals surface area contributed by atoms with Crippen LogP contribution in [0.3, 0.4) is 0 Å². The van der Waals surface area contributed by atoms with Crippen LogP contribution in [0.25, 0.3) is 0 Å². The molecule has 0 aromatic rings. The summed E-state index contributed by atoms with van der Waals surface area (Å²) < 4.78 is 0. The van der Waals surface area contributed by atoms with Crippen molar-refractivity contribution in [3.05, 3.63) is 24.3 Å². The van der Waals surface area contributed by atoms with E-state index in [1.54, 1.807) is 12.2 Å². The van der Waals surface area contributed by atoms with Gasteiger partial charge in [0, 0.05) is 11.5 Å². The Kier molecular flexibility index (Phi) is 3.70. The van der Waals surface area contributed by atoms with Crippen molar-refractivity contribution in [2.75, 3.05) is 0 Å². The molecule has 0 spiro atoms. The van der Waals surface area contributed by atoms with Crippen molar-refractivity contribution in [1.29, 1.82) is 0 Å². The largest absolute Gasteiger partial charge is 0.294 e. The third kappa shape index (κ3) is 2.18. The molecule has 0 atom stereocenters. The van der Waals surface area contributed by atoms with Gasteiger partial charge in [0.2, 0.25) is 0 Å². The summed E-state index contributed by atoms with van der Waals surface area (Å²) in [5.41, 5.74) is 0.718.